The van der Waals surface area contributed by atoms with Crippen LogP contribution in [-0.2, 0) is 11.3 Å². The number of carbonyl (C=O) groups is 1. The quantitative estimate of drug-likeness (QED) is 0.882. The number of rotatable bonds is 5. The number of carboxylic acids is 1. The van der Waals surface area contributed by atoms with Gasteiger partial charge in [-0.25, -0.2) is 0 Å². The second kappa shape index (κ2) is 7.20. The van der Waals surface area contributed by atoms with Crippen molar-refractivity contribution in [3.8, 4) is 5.75 Å². The van der Waals surface area contributed by atoms with Crippen LogP contribution in [0.2, 0.25) is 0 Å². The lowest BCUT2D eigenvalue weighted by Crippen LogP contribution is -2.46. The summed E-state index contributed by atoms with van der Waals surface area (Å²) in [5.41, 5.74) is 1.09. The van der Waals surface area contributed by atoms with Crippen LogP contribution in [-0.4, -0.2) is 46.9 Å². The highest BCUT2D eigenvalue weighted by molar-refractivity contribution is 5.87. The smallest absolute Gasteiger partial charge is 0.309 e. The molecule has 0 bridgehead atoms. The number of hydrogen-bond acceptors (Lipinski definition) is 4. The molecule has 2 aromatic carbocycles. The number of aliphatic carboxylic acids is 1. The molecule has 1 saturated heterocycles. The Hall–Kier alpha value is -2.11. The van der Waals surface area contributed by atoms with Crippen molar-refractivity contribution in [1.29, 1.82) is 0 Å². The number of β-amino-alcohol motifs (C(OH)–C–C–N with tert-alkyl or cyclic N) is 1. The Bertz CT molecular complexity index is 730. The first kappa shape index (κ1) is 16.7. The molecule has 1 fully saturated rings. The van der Waals surface area contributed by atoms with E-state index in [1.807, 2.05) is 25.1 Å². The number of hydrogen-bond donors (Lipinski definition) is 2. The lowest BCUT2D eigenvalue weighted by Gasteiger charge is -2.34. The number of aliphatic hydroxyl groups is 1. The van der Waals surface area contributed by atoms with E-state index in [-0.39, 0.29) is 0 Å². The molecule has 5 nitrogen and oxygen atoms in total. The largest absolute Gasteiger partial charge is 0.494 e. The van der Waals surface area contributed by atoms with Crippen LogP contribution in [0.5, 0.6) is 5.75 Å². The van der Waals surface area contributed by atoms with Gasteiger partial charge in [-0.15, -0.1) is 0 Å². The molecule has 24 heavy (non-hydrogen) atoms. The lowest BCUT2D eigenvalue weighted by molar-refractivity contribution is -0.148. The highest BCUT2D eigenvalue weighted by Gasteiger charge is 2.33. The molecule has 1 aliphatic rings. The van der Waals surface area contributed by atoms with E-state index in [4.69, 9.17) is 9.84 Å². The summed E-state index contributed by atoms with van der Waals surface area (Å²) in [5.74, 6) is -0.728. The molecular weight excluding hydrogens is 306 g/mol. The summed E-state index contributed by atoms with van der Waals surface area (Å²) < 4.78 is 5.79. The molecule has 2 aromatic rings. The van der Waals surface area contributed by atoms with Gasteiger partial charge in [0.15, 0.2) is 0 Å². The molecule has 0 aliphatic carbocycles. The number of nitrogens with zero attached hydrogens (tertiary/aromatic N) is 1. The number of benzene rings is 2. The Morgan fingerprint density at radius 2 is 2.08 bits per heavy atom. The molecule has 0 amide bonds. The predicted molar refractivity (Wildman–Crippen MR) is 92.1 cm³/mol. The van der Waals surface area contributed by atoms with Crippen LogP contribution in [0.1, 0.15) is 18.9 Å². The fourth-order valence-corrected chi connectivity index (χ4v) is 3.42. The van der Waals surface area contributed by atoms with E-state index >= 15 is 0 Å². The third-order valence-electron chi connectivity index (χ3n) is 4.66. The van der Waals surface area contributed by atoms with Gasteiger partial charge < -0.3 is 14.9 Å². The van der Waals surface area contributed by atoms with Crippen LogP contribution < -0.4 is 4.74 Å². The number of ether oxygens (including phenoxy) is 1. The summed E-state index contributed by atoms with van der Waals surface area (Å²) in [6.07, 6.45) is -0.368. The predicted octanol–water partition coefficient (Wildman–Crippen LogP) is 2.51. The number of aliphatic hydroxyl groups excluding tert-OH is 1. The summed E-state index contributed by atoms with van der Waals surface area (Å²) in [5, 5.41) is 21.5. The Morgan fingerprint density at radius 1 is 1.29 bits per heavy atom. The maximum atomic E-state index is 11.1. The molecule has 0 aromatic heterocycles. The Morgan fingerprint density at radius 3 is 2.79 bits per heavy atom. The Labute approximate surface area is 141 Å². The van der Waals surface area contributed by atoms with Gasteiger partial charge in [-0.1, -0.05) is 30.3 Å². The van der Waals surface area contributed by atoms with Crippen molar-refractivity contribution in [2.24, 2.45) is 5.92 Å². The first-order valence-corrected chi connectivity index (χ1v) is 8.36. The average molecular weight is 329 g/mol. The molecule has 0 radical (unpaired) electrons. The highest BCUT2D eigenvalue weighted by atomic mass is 16.5. The molecule has 1 aliphatic heterocycles. The van der Waals surface area contributed by atoms with Gasteiger partial charge in [0, 0.05) is 18.7 Å². The number of piperidine rings is 1. The molecule has 2 atom stereocenters. The van der Waals surface area contributed by atoms with Crippen molar-refractivity contribution < 1.29 is 19.7 Å². The molecule has 3 rings (SSSR count). The van der Waals surface area contributed by atoms with Crippen LogP contribution in [0, 0.1) is 5.92 Å². The van der Waals surface area contributed by atoms with E-state index in [1.54, 1.807) is 0 Å². The van der Waals surface area contributed by atoms with Crippen molar-refractivity contribution in [1.82, 2.24) is 4.90 Å². The third kappa shape index (κ3) is 3.37. The van der Waals surface area contributed by atoms with Crippen LogP contribution in [0.15, 0.2) is 36.4 Å². The molecule has 0 unspecified atom stereocenters. The van der Waals surface area contributed by atoms with Gasteiger partial charge in [0.1, 0.15) is 5.75 Å². The second-order valence-electron chi connectivity index (χ2n) is 6.23. The normalized spacial score (nSPS) is 21.8. The standard InChI is InChI=1S/C19H23NO4/c1-2-24-18-8-7-13-5-3-4-6-14(13)16(18)11-20-10-9-15(19(22)23)17(21)12-20/h3-8,15,17,21H,2,9-12H2,1H3,(H,22,23)/t15-,17+/m0/s1. The SMILES string of the molecule is CCOc1ccc2ccccc2c1CN1CC[C@H](C(=O)O)[C@H](O)C1. The molecule has 2 N–H and O–H groups in total. The van der Waals surface area contributed by atoms with Crippen molar-refractivity contribution >= 4 is 16.7 Å². The van der Waals surface area contributed by atoms with E-state index in [2.05, 4.69) is 23.1 Å². The van der Waals surface area contributed by atoms with Crippen molar-refractivity contribution in [3.63, 3.8) is 0 Å². The molecule has 128 valence electrons. The van der Waals surface area contributed by atoms with Gasteiger partial charge in [0.2, 0.25) is 0 Å². The summed E-state index contributed by atoms with van der Waals surface area (Å²) in [6, 6.07) is 12.2. The zero-order valence-corrected chi connectivity index (χ0v) is 13.8. The zero-order chi connectivity index (χ0) is 17.1. The van der Waals surface area contributed by atoms with Gasteiger partial charge in [-0.3, -0.25) is 9.69 Å². The fraction of sp³-hybridized carbons (Fsp3) is 0.421. The third-order valence-corrected chi connectivity index (χ3v) is 4.66. The summed E-state index contributed by atoms with van der Waals surface area (Å²) in [4.78, 5) is 13.3. The van der Waals surface area contributed by atoms with Crippen LogP contribution in [0.25, 0.3) is 10.8 Å². The minimum Gasteiger partial charge on any atom is -0.494 e. The molecular formula is C19H23NO4. The van der Waals surface area contributed by atoms with Gasteiger partial charge >= 0.3 is 5.97 Å². The summed E-state index contributed by atoms with van der Waals surface area (Å²) >= 11 is 0. The van der Waals surface area contributed by atoms with Crippen LogP contribution >= 0.6 is 0 Å². The molecule has 0 spiro atoms. The van der Waals surface area contributed by atoms with E-state index in [9.17, 15) is 9.90 Å². The molecule has 0 saturated carbocycles. The van der Waals surface area contributed by atoms with Crippen molar-refractivity contribution in [2.45, 2.75) is 26.0 Å². The number of likely N-dealkylation sites (tertiary alicyclic amines) is 1. The van der Waals surface area contributed by atoms with E-state index in [1.165, 1.54) is 0 Å². The first-order chi connectivity index (χ1) is 11.6. The molecule has 1 heterocycles. The minimum atomic E-state index is -0.915. The maximum Gasteiger partial charge on any atom is 0.309 e. The first-order valence-electron chi connectivity index (χ1n) is 8.36. The van der Waals surface area contributed by atoms with E-state index in [0.29, 0.717) is 32.7 Å². The van der Waals surface area contributed by atoms with Gasteiger partial charge in [-0.05, 0) is 36.7 Å². The maximum absolute atomic E-state index is 11.1. The van der Waals surface area contributed by atoms with E-state index in [0.717, 1.165) is 22.1 Å². The Balaban J connectivity index is 1.86. The van der Waals surface area contributed by atoms with Crippen molar-refractivity contribution in [2.75, 3.05) is 19.7 Å². The minimum absolute atomic E-state index is 0.367. The summed E-state index contributed by atoms with van der Waals surface area (Å²) in [6.45, 7) is 4.21. The van der Waals surface area contributed by atoms with Crippen molar-refractivity contribution in [3.05, 3.63) is 42.0 Å². The topological polar surface area (TPSA) is 70.0 Å². The number of carboxylic acid groups (broad SMARTS) is 1. The highest BCUT2D eigenvalue weighted by Crippen LogP contribution is 2.31. The summed E-state index contributed by atoms with van der Waals surface area (Å²) in [7, 11) is 0. The molecule has 5 heteroatoms. The average Bonchev–Trinajstić information content (AvgIpc) is 2.57. The monoisotopic (exact) mass is 329 g/mol. The Kier molecular flexibility index (Phi) is 5.02. The van der Waals surface area contributed by atoms with Gasteiger partial charge in [0.05, 0.1) is 18.6 Å². The lowest BCUT2D eigenvalue weighted by atomic mass is 9.93. The fourth-order valence-electron chi connectivity index (χ4n) is 3.42. The second-order valence-corrected chi connectivity index (χ2v) is 6.23. The van der Waals surface area contributed by atoms with Crippen LogP contribution in [0.3, 0.4) is 0 Å². The van der Waals surface area contributed by atoms with Gasteiger partial charge in [-0.2, -0.15) is 0 Å². The van der Waals surface area contributed by atoms with E-state index < -0.39 is 18.0 Å². The van der Waals surface area contributed by atoms with Gasteiger partial charge in [0.25, 0.3) is 0 Å². The number of fused-ring (bicyclic) bond motifs is 1. The zero-order valence-electron chi connectivity index (χ0n) is 13.8. The van der Waals surface area contributed by atoms with Crippen LogP contribution in [0.4, 0.5) is 0 Å².